The van der Waals surface area contributed by atoms with Gasteiger partial charge in [-0.05, 0) is 67.6 Å². The van der Waals surface area contributed by atoms with Crippen molar-refractivity contribution in [2.75, 3.05) is 6.61 Å². The van der Waals surface area contributed by atoms with Crippen molar-refractivity contribution in [3.8, 4) is 16.2 Å². The predicted octanol–water partition coefficient (Wildman–Crippen LogP) is 7.66. The topological polar surface area (TPSA) is 9.23 Å². The number of rotatable bonds is 12. The number of unbranched alkanes of at least 4 members (excludes halogenated alkanes) is 5. The summed E-state index contributed by atoms with van der Waals surface area (Å²) in [6, 6.07) is 13.0. The lowest BCUT2D eigenvalue weighted by atomic mass is 10.1. The van der Waals surface area contributed by atoms with Crippen LogP contribution >= 0.6 is 11.3 Å². The normalized spacial score (nSPS) is 11.3. The Morgan fingerprint density at radius 1 is 0.840 bits per heavy atom. The molecule has 0 amide bonds. The molecule has 2 aromatic rings. The van der Waals surface area contributed by atoms with Crippen LogP contribution in [0.15, 0.2) is 48.6 Å². The summed E-state index contributed by atoms with van der Waals surface area (Å²) >= 11 is 1.92. The summed E-state index contributed by atoms with van der Waals surface area (Å²) in [6.45, 7) is 5.15. The molecular formula is C23H32OS. The van der Waals surface area contributed by atoms with Gasteiger partial charge in [-0.3, -0.25) is 0 Å². The lowest BCUT2D eigenvalue weighted by Gasteiger charge is -2.04. The Morgan fingerprint density at radius 2 is 1.60 bits per heavy atom. The summed E-state index contributed by atoms with van der Waals surface area (Å²) in [6.07, 6.45) is 14.5. The molecule has 0 unspecified atom stereocenters. The van der Waals surface area contributed by atoms with Gasteiger partial charge in [0.1, 0.15) is 12.4 Å². The van der Waals surface area contributed by atoms with E-state index in [9.17, 15) is 0 Å². The summed E-state index contributed by atoms with van der Waals surface area (Å²) in [7, 11) is 0. The molecule has 0 aliphatic carbocycles. The van der Waals surface area contributed by atoms with E-state index in [2.05, 4.69) is 62.4 Å². The van der Waals surface area contributed by atoms with Crippen LogP contribution in [0.25, 0.3) is 10.4 Å². The van der Waals surface area contributed by atoms with E-state index < -0.39 is 0 Å². The van der Waals surface area contributed by atoms with E-state index in [0.717, 1.165) is 12.2 Å². The van der Waals surface area contributed by atoms with Crippen LogP contribution in [0.4, 0.5) is 0 Å². The van der Waals surface area contributed by atoms with E-state index in [4.69, 9.17) is 4.74 Å². The number of thiophene rings is 1. The van der Waals surface area contributed by atoms with Gasteiger partial charge in [0.15, 0.2) is 0 Å². The van der Waals surface area contributed by atoms with Gasteiger partial charge in [-0.2, -0.15) is 0 Å². The Bertz CT molecular complexity index is 609. The lowest BCUT2D eigenvalue weighted by Crippen LogP contribution is -1.92. The summed E-state index contributed by atoms with van der Waals surface area (Å²) in [5, 5.41) is 0. The molecule has 1 aromatic carbocycles. The van der Waals surface area contributed by atoms with Crippen molar-refractivity contribution in [2.24, 2.45) is 0 Å². The first kappa shape index (κ1) is 19.8. The Hall–Kier alpha value is -1.54. The Morgan fingerprint density at radius 3 is 2.36 bits per heavy atom. The molecule has 0 saturated heterocycles. The zero-order valence-electron chi connectivity index (χ0n) is 15.8. The van der Waals surface area contributed by atoms with Crippen molar-refractivity contribution in [2.45, 2.75) is 65.2 Å². The second-order valence-electron chi connectivity index (χ2n) is 6.53. The summed E-state index contributed by atoms with van der Waals surface area (Å²) in [5.74, 6) is 0.946. The molecule has 0 N–H and O–H groups in total. The lowest BCUT2D eigenvalue weighted by molar-refractivity contribution is 0.362. The third-order valence-corrected chi connectivity index (χ3v) is 5.51. The monoisotopic (exact) mass is 356 g/mol. The van der Waals surface area contributed by atoms with Crippen LogP contribution in [0.2, 0.25) is 0 Å². The molecule has 136 valence electrons. The molecule has 0 spiro atoms. The van der Waals surface area contributed by atoms with Crippen LogP contribution in [0.1, 0.15) is 63.7 Å². The zero-order valence-corrected chi connectivity index (χ0v) is 16.6. The summed E-state index contributed by atoms with van der Waals surface area (Å²) in [4.78, 5) is 2.85. The first-order valence-corrected chi connectivity index (χ1v) is 10.6. The van der Waals surface area contributed by atoms with Gasteiger partial charge in [0.2, 0.25) is 0 Å². The van der Waals surface area contributed by atoms with E-state index in [0.29, 0.717) is 6.61 Å². The number of aryl methyl sites for hydroxylation is 1. The Kier molecular flexibility index (Phi) is 9.43. The average molecular weight is 357 g/mol. The molecule has 25 heavy (non-hydrogen) atoms. The zero-order chi connectivity index (χ0) is 17.7. The van der Waals surface area contributed by atoms with E-state index in [1.165, 1.54) is 60.3 Å². The summed E-state index contributed by atoms with van der Waals surface area (Å²) < 4.78 is 5.79. The number of benzene rings is 1. The van der Waals surface area contributed by atoms with Crippen LogP contribution in [0, 0.1) is 0 Å². The molecule has 1 aromatic heterocycles. The van der Waals surface area contributed by atoms with Gasteiger partial charge in [-0.25, -0.2) is 0 Å². The molecule has 0 fully saturated rings. The van der Waals surface area contributed by atoms with Crippen molar-refractivity contribution in [1.29, 1.82) is 0 Å². The third-order valence-electron chi connectivity index (χ3n) is 4.31. The second kappa shape index (κ2) is 11.9. The van der Waals surface area contributed by atoms with Crippen molar-refractivity contribution < 1.29 is 4.74 Å². The van der Waals surface area contributed by atoms with Gasteiger partial charge in [-0.15, -0.1) is 11.3 Å². The molecule has 0 radical (unpaired) electrons. The molecule has 0 bridgehead atoms. The standard InChI is InChI=1S/C23H32OS/c1-3-5-7-8-9-11-19-24-21-15-13-20(14-16-21)23-18-17-22(25-23)12-10-6-4-2/h9,11,13-18H,3-8,10,12,19H2,1-2H3/b11-9+. The second-order valence-corrected chi connectivity index (χ2v) is 7.69. The molecule has 0 saturated carbocycles. The molecule has 2 rings (SSSR count). The highest BCUT2D eigenvalue weighted by atomic mass is 32.1. The first-order valence-electron chi connectivity index (χ1n) is 9.80. The minimum atomic E-state index is 0.659. The van der Waals surface area contributed by atoms with Crippen LogP contribution in [-0.2, 0) is 6.42 Å². The third kappa shape index (κ3) is 7.48. The SMILES string of the molecule is CCCCC/C=C/COc1ccc(-c2ccc(CCCCC)s2)cc1. The van der Waals surface area contributed by atoms with Crippen molar-refractivity contribution in [1.82, 2.24) is 0 Å². The first-order chi connectivity index (χ1) is 12.3. The minimum Gasteiger partial charge on any atom is -0.490 e. The molecule has 1 heterocycles. The Labute approximate surface area is 157 Å². The maximum Gasteiger partial charge on any atom is 0.119 e. The molecular weight excluding hydrogens is 324 g/mol. The number of ether oxygens (including phenoxy) is 1. The van der Waals surface area contributed by atoms with E-state index in [-0.39, 0.29) is 0 Å². The maximum absolute atomic E-state index is 5.79. The van der Waals surface area contributed by atoms with Gasteiger partial charge in [0.25, 0.3) is 0 Å². The maximum atomic E-state index is 5.79. The van der Waals surface area contributed by atoms with Crippen LogP contribution in [-0.4, -0.2) is 6.61 Å². The molecule has 0 atom stereocenters. The van der Waals surface area contributed by atoms with E-state index in [1.54, 1.807) is 0 Å². The smallest absolute Gasteiger partial charge is 0.119 e. The number of allylic oxidation sites excluding steroid dienone is 1. The van der Waals surface area contributed by atoms with E-state index in [1.807, 2.05) is 11.3 Å². The molecule has 2 heteroatoms. The number of hydrogen-bond donors (Lipinski definition) is 0. The predicted molar refractivity (Wildman–Crippen MR) is 112 cm³/mol. The van der Waals surface area contributed by atoms with E-state index >= 15 is 0 Å². The molecule has 0 aliphatic heterocycles. The molecule has 1 nitrogen and oxygen atoms in total. The van der Waals surface area contributed by atoms with Gasteiger partial charge in [0.05, 0.1) is 0 Å². The van der Waals surface area contributed by atoms with Gasteiger partial charge >= 0.3 is 0 Å². The van der Waals surface area contributed by atoms with Gasteiger partial charge in [-0.1, -0.05) is 51.7 Å². The highest BCUT2D eigenvalue weighted by Crippen LogP contribution is 2.30. The van der Waals surface area contributed by atoms with Crippen molar-refractivity contribution >= 4 is 11.3 Å². The Balaban J connectivity index is 1.77. The van der Waals surface area contributed by atoms with Crippen molar-refractivity contribution in [3.63, 3.8) is 0 Å². The van der Waals surface area contributed by atoms with Crippen LogP contribution < -0.4 is 4.74 Å². The highest BCUT2D eigenvalue weighted by Gasteiger charge is 2.03. The van der Waals surface area contributed by atoms with Crippen LogP contribution in [0.3, 0.4) is 0 Å². The average Bonchev–Trinajstić information content (AvgIpc) is 3.11. The fraction of sp³-hybridized carbons (Fsp3) is 0.478. The largest absolute Gasteiger partial charge is 0.490 e. The minimum absolute atomic E-state index is 0.659. The highest BCUT2D eigenvalue weighted by molar-refractivity contribution is 7.15. The van der Waals surface area contributed by atoms with Gasteiger partial charge < -0.3 is 4.74 Å². The fourth-order valence-electron chi connectivity index (χ4n) is 2.77. The quantitative estimate of drug-likeness (QED) is 0.280. The molecule has 0 aliphatic rings. The summed E-state index contributed by atoms with van der Waals surface area (Å²) in [5.41, 5.74) is 1.29. The fourth-order valence-corrected chi connectivity index (χ4v) is 3.83. The van der Waals surface area contributed by atoms with Gasteiger partial charge in [0, 0.05) is 9.75 Å². The number of hydrogen-bond acceptors (Lipinski definition) is 2. The van der Waals surface area contributed by atoms with Crippen molar-refractivity contribution in [3.05, 3.63) is 53.4 Å². The van der Waals surface area contributed by atoms with Crippen LogP contribution in [0.5, 0.6) is 5.75 Å².